The van der Waals surface area contributed by atoms with Crippen LogP contribution in [-0.2, 0) is 6.18 Å². The summed E-state index contributed by atoms with van der Waals surface area (Å²) in [5.74, 6) is 1.23. The number of rotatable bonds is 5. The molecule has 0 spiro atoms. The zero-order valence-corrected chi connectivity index (χ0v) is 19.4. The van der Waals surface area contributed by atoms with E-state index in [2.05, 4.69) is 36.0 Å². The van der Waals surface area contributed by atoms with E-state index < -0.39 is 17.6 Å². The van der Waals surface area contributed by atoms with Crippen molar-refractivity contribution < 1.29 is 13.2 Å². The van der Waals surface area contributed by atoms with Gasteiger partial charge in [0.25, 0.3) is 0 Å². The summed E-state index contributed by atoms with van der Waals surface area (Å²) in [7, 11) is 0. The fourth-order valence-corrected chi connectivity index (χ4v) is 6.01. The molecule has 2 aliphatic carbocycles. The molecule has 6 nitrogen and oxygen atoms in total. The molecule has 0 bridgehead atoms. The van der Waals surface area contributed by atoms with E-state index in [1.54, 1.807) is 0 Å². The standard InChI is InChI=1S/C24H33F3N6/c1-4-14(3)33-21(10-20(31-33)15-7-19(24(25,26)27)23(28)30-11-15)22-17-8-16(9-18(17)22)32-6-5-29-13(2)12-32/h7,10-11,13-14,16-18,22,29H,4-6,8-9,12H2,1-3H3,(H2,28,30)/t13-,14?,16?,17-,18+,22?/m0/s1. The van der Waals surface area contributed by atoms with Crippen LogP contribution in [-0.4, -0.2) is 51.4 Å². The number of pyridine rings is 1. The van der Waals surface area contributed by atoms with Gasteiger partial charge in [-0.1, -0.05) is 6.92 Å². The zero-order valence-electron chi connectivity index (χ0n) is 19.4. The highest BCUT2D eigenvalue weighted by atomic mass is 19.4. The third-order valence-corrected chi connectivity index (χ3v) is 7.97. The van der Waals surface area contributed by atoms with Crippen molar-refractivity contribution in [3.05, 3.63) is 29.6 Å². The summed E-state index contributed by atoms with van der Waals surface area (Å²) in [5, 5.41) is 8.28. The van der Waals surface area contributed by atoms with E-state index in [-0.39, 0.29) is 6.04 Å². The van der Waals surface area contributed by atoms with Crippen molar-refractivity contribution >= 4 is 5.82 Å². The summed E-state index contributed by atoms with van der Waals surface area (Å²) in [6.45, 7) is 9.74. The molecule has 0 amide bonds. The first-order valence-corrected chi connectivity index (χ1v) is 12.1. The number of aromatic nitrogens is 3. The summed E-state index contributed by atoms with van der Waals surface area (Å²) in [5.41, 5.74) is 6.65. The Hall–Kier alpha value is -2.13. The van der Waals surface area contributed by atoms with Crippen molar-refractivity contribution in [1.82, 2.24) is 25.0 Å². The smallest absolute Gasteiger partial charge is 0.383 e. The molecule has 180 valence electrons. The molecule has 1 saturated heterocycles. The minimum atomic E-state index is -4.54. The third kappa shape index (κ3) is 4.14. The van der Waals surface area contributed by atoms with Crippen molar-refractivity contribution in [2.75, 3.05) is 25.4 Å². The van der Waals surface area contributed by atoms with Crippen molar-refractivity contribution in [3.8, 4) is 11.3 Å². The third-order valence-electron chi connectivity index (χ3n) is 7.97. The second-order valence-corrected chi connectivity index (χ2v) is 10.1. The van der Waals surface area contributed by atoms with Gasteiger partial charge in [0.1, 0.15) is 5.82 Å². The Labute approximate surface area is 192 Å². The van der Waals surface area contributed by atoms with Gasteiger partial charge in [-0.15, -0.1) is 0 Å². The number of halogens is 3. The Morgan fingerprint density at radius 1 is 1.24 bits per heavy atom. The molecule has 3 unspecified atom stereocenters. The number of nitrogens with zero attached hydrogens (tertiary/aromatic N) is 4. The highest BCUT2D eigenvalue weighted by molar-refractivity contribution is 5.63. The van der Waals surface area contributed by atoms with Gasteiger partial charge in [0.05, 0.1) is 11.3 Å². The van der Waals surface area contributed by atoms with Crippen LogP contribution in [0, 0.1) is 11.8 Å². The molecule has 6 atom stereocenters. The lowest BCUT2D eigenvalue weighted by Crippen LogP contribution is -2.52. The molecule has 33 heavy (non-hydrogen) atoms. The molecule has 3 aliphatic rings. The maximum Gasteiger partial charge on any atom is 0.419 e. The monoisotopic (exact) mass is 462 g/mol. The van der Waals surface area contributed by atoms with Gasteiger partial charge in [0.2, 0.25) is 0 Å². The van der Waals surface area contributed by atoms with E-state index in [1.807, 2.05) is 10.7 Å². The summed E-state index contributed by atoms with van der Waals surface area (Å²) < 4.78 is 42.1. The molecule has 3 fully saturated rings. The van der Waals surface area contributed by atoms with Gasteiger partial charge in [0.15, 0.2) is 0 Å². The Balaban J connectivity index is 1.39. The van der Waals surface area contributed by atoms with E-state index in [9.17, 15) is 13.2 Å². The number of anilines is 1. The first-order chi connectivity index (χ1) is 15.7. The van der Waals surface area contributed by atoms with E-state index >= 15 is 0 Å². The van der Waals surface area contributed by atoms with E-state index in [1.165, 1.54) is 19.0 Å². The molecule has 5 rings (SSSR count). The zero-order chi connectivity index (χ0) is 23.5. The fraction of sp³-hybridized carbons (Fsp3) is 0.667. The van der Waals surface area contributed by atoms with Gasteiger partial charge >= 0.3 is 6.18 Å². The Kier molecular flexibility index (Phi) is 5.68. The first-order valence-electron chi connectivity index (χ1n) is 12.1. The number of hydrogen-bond donors (Lipinski definition) is 2. The largest absolute Gasteiger partial charge is 0.419 e. The first kappa shape index (κ1) is 22.7. The minimum absolute atomic E-state index is 0.184. The summed E-state index contributed by atoms with van der Waals surface area (Å²) >= 11 is 0. The van der Waals surface area contributed by atoms with Crippen LogP contribution in [0.25, 0.3) is 11.3 Å². The van der Waals surface area contributed by atoms with Crippen molar-refractivity contribution in [3.63, 3.8) is 0 Å². The Morgan fingerprint density at radius 3 is 2.61 bits per heavy atom. The normalized spacial score (nSPS) is 30.9. The predicted molar refractivity (Wildman–Crippen MR) is 122 cm³/mol. The van der Waals surface area contributed by atoms with Gasteiger partial charge < -0.3 is 11.1 Å². The van der Waals surface area contributed by atoms with E-state index in [4.69, 9.17) is 10.8 Å². The van der Waals surface area contributed by atoms with Crippen LogP contribution in [0.5, 0.6) is 0 Å². The average Bonchev–Trinajstić information content (AvgIpc) is 3.12. The SMILES string of the molecule is CCC(C)n1nc(-c2cnc(N)c(C(F)(F)F)c2)cc1C1[C@H]2CC(N3CCN[C@@H](C)C3)C[C@@H]12. The topological polar surface area (TPSA) is 72.0 Å². The van der Waals surface area contributed by atoms with E-state index in [0.717, 1.165) is 37.8 Å². The molecule has 0 radical (unpaired) electrons. The lowest BCUT2D eigenvalue weighted by atomic mass is 10.0. The highest BCUT2D eigenvalue weighted by Gasteiger charge is 2.58. The number of fused-ring (bicyclic) bond motifs is 1. The number of hydrogen-bond acceptors (Lipinski definition) is 5. The molecule has 2 saturated carbocycles. The summed E-state index contributed by atoms with van der Waals surface area (Å²) in [6.07, 6.45) is 0.160. The lowest BCUT2D eigenvalue weighted by Gasteiger charge is -2.37. The maximum absolute atomic E-state index is 13.4. The van der Waals surface area contributed by atoms with Crippen molar-refractivity contribution in [2.45, 2.75) is 70.3 Å². The molecule has 1 aliphatic heterocycles. The van der Waals surface area contributed by atoms with Crippen LogP contribution in [0.15, 0.2) is 18.3 Å². The van der Waals surface area contributed by atoms with Gasteiger partial charge in [-0.05, 0) is 57.1 Å². The van der Waals surface area contributed by atoms with Gasteiger partial charge in [-0.2, -0.15) is 18.3 Å². The fourth-order valence-electron chi connectivity index (χ4n) is 6.01. The molecule has 2 aromatic rings. The number of nitrogens with two attached hydrogens (primary N) is 1. The lowest BCUT2D eigenvalue weighted by molar-refractivity contribution is -0.137. The van der Waals surface area contributed by atoms with E-state index in [0.29, 0.717) is 41.1 Å². The van der Waals surface area contributed by atoms with Crippen molar-refractivity contribution in [2.24, 2.45) is 11.8 Å². The maximum atomic E-state index is 13.4. The molecule has 9 heteroatoms. The number of nitrogen functional groups attached to an aromatic ring is 1. The van der Waals surface area contributed by atoms with Gasteiger partial charge in [-0.3, -0.25) is 9.58 Å². The Bertz CT molecular complexity index is 1010. The number of nitrogens with one attached hydrogen (secondary N) is 1. The van der Waals surface area contributed by atoms with Crippen LogP contribution in [0.2, 0.25) is 0 Å². The molecule has 0 aromatic carbocycles. The second kappa shape index (κ2) is 8.27. The Morgan fingerprint density at radius 2 is 1.97 bits per heavy atom. The quantitative estimate of drug-likeness (QED) is 0.693. The number of alkyl halides is 3. The summed E-state index contributed by atoms with van der Waals surface area (Å²) in [6, 6.07) is 4.44. The molecular formula is C24H33F3N6. The molecule has 3 N–H and O–H groups in total. The van der Waals surface area contributed by atoms with Crippen molar-refractivity contribution in [1.29, 1.82) is 0 Å². The minimum Gasteiger partial charge on any atom is -0.383 e. The van der Waals surface area contributed by atoms with Gasteiger partial charge in [0, 0.05) is 61.1 Å². The molecular weight excluding hydrogens is 429 g/mol. The summed E-state index contributed by atoms with van der Waals surface area (Å²) in [4.78, 5) is 6.45. The van der Waals surface area contributed by atoms with Crippen LogP contribution < -0.4 is 11.1 Å². The highest BCUT2D eigenvalue weighted by Crippen LogP contribution is 2.64. The van der Waals surface area contributed by atoms with Crippen LogP contribution in [0.1, 0.15) is 63.3 Å². The average molecular weight is 463 g/mol. The molecule has 3 heterocycles. The van der Waals surface area contributed by atoms with Crippen LogP contribution in [0.3, 0.4) is 0 Å². The predicted octanol–water partition coefficient (Wildman–Crippen LogP) is 4.30. The van der Waals surface area contributed by atoms with Crippen LogP contribution in [0.4, 0.5) is 19.0 Å². The second-order valence-electron chi connectivity index (χ2n) is 10.1. The number of piperazine rings is 1. The molecule has 2 aromatic heterocycles. The van der Waals surface area contributed by atoms with Gasteiger partial charge in [-0.25, -0.2) is 4.98 Å². The van der Waals surface area contributed by atoms with Crippen LogP contribution >= 0.6 is 0 Å².